The maximum atomic E-state index is 4.48. The molecule has 234 valence electrons. The van der Waals surface area contributed by atoms with Gasteiger partial charge in [0.2, 0.25) is 0 Å². The van der Waals surface area contributed by atoms with Crippen LogP contribution in [0.25, 0.3) is 66.1 Å². The average molecular weight is 621 g/mol. The van der Waals surface area contributed by atoms with E-state index in [-0.39, 0.29) is 10.8 Å². The van der Waals surface area contributed by atoms with E-state index < -0.39 is 0 Å². The molecule has 2 heteroatoms. The molecule has 0 unspecified atom stereocenters. The van der Waals surface area contributed by atoms with Crippen LogP contribution in [0.1, 0.15) is 74.9 Å². The van der Waals surface area contributed by atoms with Gasteiger partial charge in [-0.05, 0) is 147 Å². The largest absolute Gasteiger partial charge is 0.265 e. The number of hydrogen-bond donors (Lipinski definition) is 0. The number of benzene rings is 5. The molecule has 0 aliphatic heterocycles. The SMILES string of the molecule is CC(C)(C)c1c2c(c(-c3ccncc3)c3c1ccc1c(C(C)(C)C)c4c(c(-c5ccncc5)c13)-c1ccccc1C4)-c1ccccc1C2. The van der Waals surface area contributed by atoms with Crippen LogP contribution in [0, 0.1) is 0 Å². The summed E-state index contributed by atoms with van der Waals surface area (Å²) >= 11 is 0. The Kier molecular flexibility index (Phi) is 6.19. The molecule has 0 N–H and O–H groups in total. The standard InChI is InChI=1S/C46H40N2/c1-45(2,3)43-33-15-16-34-42(41(33)37(27-17-21-47-22-18-27)39-31-13-9-7-11-29(31)25-35(39)43)38(28-19-23-48-24-20-28)40-32-14-10-8-12-30(32)26-36(40)44(34)46(4,5)6/h7-24H,25-26H2,1-6H3. The molecule has 0 bridgehead atoms. The van der Waals surface area contributed by atoms with Crippen molar-refractivity contribution in [1.82, 2.24) is 9.97 Å². The topological polar surface area (TPSA) is 25.8 Å². The Morgan fingerprint density at radius 2 is 0.812 bits per heavy atom. The minimum Gasteiger partial charge on any atom is -0.265 e. The molecular weight excluding hydrogens is 581 g/mol. The Morgan fingerprint density at radius 1 is 0.438 bits per heavy atom. The lowest BCUT2D eigenvalue weighted by atomic mass is 9.72. The van der Waals surface area contributed by atoms with Crippen molar-refractivity contribution in [2.45, 2.75) is 65.2 Å². The van der Waals surface area contributed by atoms with Crippen molar-refractivity contribution in [3.8, 4) is 44.5 Å². The summed E-state index contributed by atoms with van der Waals surface area (Å²) in [6, 6.07) is 31.9. The van der Waals surface area contributed by atoms with Gasteiger partial charge in [-0.2, -0.15) is 0 Å². The molecule has 9 rings (SSSR count). The third-order valence-electron chi connectivity index (χ3n) is 10.7. The van der Waals surface area contributed by atoms with Crippen molar-refractivity contribution in [3.05, 3.63) is 143 Å². The van der Waals surface area contributed by atoms with Gasteiger partial charge < -0.3 is 0 Å². The Bertz CT molecular complexity index is 2270. The van der Waals surface area contributed by atoms with E-state index >= 15 is 0 Å². The van der Waals surface area contributed by atoms with E-state index in [1.54, 1.807) is 0 Å². The molecule has 2 aliphatic rings. The number of pyridine rings is 2. The zero-order valence-corrected chi connectivity index (χ0v) is 28.7. The van der Waals surface area contributed by atoms with E-state index in [0.29, 0.717) is 0 Å². The zero-order valence-electron chi connectivity index (χ0n) is 28.7. The summed E-state index contributed by atoms with van der Waals surface area (Å²) < 4.78 is 0. The zero-order chi connectivity index (χ0) is 32.9. The third kappa shape index (κ3) is 4.11. The first-order valence-electron chi connectivity index (χ1n) is 17.3. The summed E-state index contributed by atoms with van der Waals surface area (Å²) in [6.45, 7) is 14.4. The summed E-state index contributed by atoms with van der Waals surface area (Å²) in [7, 11) is 0. The van der Waals surface area contributed by atoms with Gasteiger partial charge in [0.15, 0.2) is 0 Å². The second-order valence-electron chi connectivity index (χ2n) is 15.8. The van der Waals surface area contributed by atoms with Gasteiger partial charge in [-0.1, -0.05) is 102 Å². The molecule has 2 aromatic heterocycles. The van der Waals surface area contributed by atoms with Gasteiger partial charge in [0.1, 0.15) is 0 Å². The predicted molar refractivity (Wildman–Crippen MR) is 202 cm³/mol. The molecule has 2 aliphatic carbocycles. The monoisotopic (exact) mass is 620 g/mol. The Morgan fingerprint density at radius 3 is 1.19 bits per heavy atom. The molecule has 5 aromatic carbocycles. The Hall–Kier alpha value is -5.08. The fourth-order valence-electron chi connectivity index (χ4n) is 9.16. The lowest BCUT2D eigenvalue weighted by molar-refractivity contribution is 0.590. The molecule has 0 fully saturated rings. The van der Waals surface area contributed by atoms with Gasteiger partial charge in [-0.15, -0.1) is 0 Å². The highest BCUT2D eigenvalue weighted by Crippen LogP contribution is 2.57. The molecule has 7 aromatic rings. The molecule has 48 heavy (non-hydrogen) atoms. The van der Waals surface area contributed by atoms with Crippen LogP contribution in [-0.4, -0.2) is 9.97 Å². The van der Waals surface area contributed by atoms with Gasteiger partial charge in [0.25, 0.3) is 0 Å². The van der Waals surface area contributed by atoms with Gasteiger partial charge in [-0.25, -0.2) is 0 Å². The van der Waals surface area contributed by atoms with Crippen molar-refractivity contribution in [1.29, 1.82) is 0 Å². The van der Waals surface area contributed by atoms with E-state index in [1.807, 2.05) is 24.8 Å². The van der Waals surface area contributed by atoms with Gasteiger partial charge in [-0.3, -0.25) is 9.97 Å². The van der Waals surface area contributed by atoms with Crippen LogP contribution in [-0.2, 0) is 23.7 Å². The lowest BCUT2D eigenvalue weighted by Crippen LogP contribution is -2.17. The smallest absolute Gasteiger partial charge is 0.0273 e. The van der Waals surface area contributed by atoms with Gasteiger partial charge in [0.05, 0.1) is 0 Å². The Balaban J connectivity index is 1.64. The van der Waals surface area contributed by atoms with Crippen molar-refractivity contribution in [3.63, 3.8) is 0 Å². The van der Waals surface area contributed by atoms with Gasteiger partial charge in [0, 0.05) is 24.8 Å². The number of hydrogen-bond acceptors (Lipinski definition) is 2. The highest BCUT2D eigenvalue weighted by Gasteiger charge is 2.36. The highest BCUT2D eigenvalue weighted by atomic mass is 14.6. The van der Waals surface area contributed by atoms with Crippen LogP contribution in [0.2, 0.25) is 0 Å². The van der Waals surface area contributed by atoms with Crippen LogP contribution < -0.4 is 0 Å². The quantitative estimate of drug-likeness (QED) is 0.180. The molecular formula is C46H40N2. The lowest BCUT2D eigenvalue weighted by Gasteiger charge is -2.32. The molecule has 0 spiro atoms. The van der Waals surface area contributed by atoms with Crippen LogP contribution >= 0.6 is 0 Å². The van der Waals surface area contributed by atoms with E-state index in [1.165, 1.54) is 99.4 Å². The summed E-state index contributed by atoms with van der Waals surface area (Å²) in [4.78, 5) is 8.97. The second kappa shape index (κ2) is 10.2. The maximum absolute atomic E-state index is 4.48. The first kappa shape index (κ1) is 29.1. The molecule has 0 amide bonds. The number of nitrogens with zero attached hydrogens (tertiary/aromatic N) is 2. The fourth-order valence-corrected chi connectivity index (χ4v) is 9.16. The predicted octanol–water partition coefficient (Wildman–Crippen LogP) is 11.9. The molecule has 0 atom stereocenters. The van der Waals surface area contributed by atoms with Crippen molar-refractivity contribution < 1.29 is 0 Å². The van der Waals surface area contributed by atoms with E-state index in [9.17, 15) is 0 Å². The number of rotatable bonds is 2. The number of aromatic nitrogens is 2. The molecule has 0 saturated heterocycles. The summed E-state index contributed by atoms with van der Waals surface area (Å²) in [5, 5.41) is 5.41. The van der Waals surface area contributed by atoms with E-state index in [0.717, 1.165) is 12.8 Å². The van der Waals surface area contributed by atoms with Crippen LogP contribution in [0.15, 0.2) is 110 Å². The summed E-state index contributed by atoms with van der Waals surface area (Å²) in [5.74, 6) is 0. The third-order valence-corrected chi connectivity index (χ3v) is 10.7. The fraction of sp³-hybridized carbons (Fsp3) is 0.217. The minimum absolute atomic E-state index is 0.0676. The molecule has 2 nitrogen and oxygen atoms in total. The highest BCUT2D eigenvalue weighted by molar-refractivity contribution is 6.26. The van der Waals surface area contributed by atoms with Crippen molar-refractivity contribution >= 4 is 21.5 Å². The van der Waals surface area contributed by atoms with Crippen molar-refractivity contribution in [2.24, 2.45) is 0 Å². The van der Waals surface area contributed by atoms with E-state index in [2.05, 4.69) is 136 Å². The first-order chi connectivity index (χ1) is 23.1. The summed E-state index contributed by atoms with van der Waals surface area (Å²) in [5.41, 5.74) is 19.1. The minimum atomic E-state index is -0.0676. The van der Waals surface area contributed by atoms with Crippen LogP contribution in [0.4, 0.5) is 0 Å². The molecule has 0 saturated carbocycles. The van der Waals surface area contributed by atoms with Crippen LogP contribution in [0.5, 0.6) is 0 Å². The second-order valence-corrected chi connectivity index (χ2v) is 15.8. The first-order valence-corrected chi connectivity index (χ1v) is 17.3. The maximum Gasteiger partial charge on any atom is 0.0273 e. The van der Waals surface area contributed by atoms with Crippen LogP contribution in [0.3, 0.4) is 0 Å². The summed E-state index contributed by atoms with van der Waals surface area (Å²) in [6.07, 6.45) is 9.72. The number of fused-ring (bicyclic) bond motifs is 9. The van der Waals surface area contributed by atoms with Gasteiger partial charge >= 0.3 is 0 Å². The van der Waals surface area contributed by atoms with E-state index in [4.69, 9.17) is 0 Å². The normalized spacial score (nSPS) is 13.5. The molecule has 0 radical (unpaired) electrons. The Labute approximate surface area is 283 Å². The average Bonchev–Trinajstić information content (AvgIpc) is 3.64. The van der Waals surface area contributed by atoms with Crippen molar-refractivity contribution in [2.75, 3.05) is 0 Å². The molecule has 2 heterocycles.